The van der Waals surface area contributed by atoms with E-state index in [1.807, 2.05) is 17.0 Å². The van der Waals surface area contributed by atoms with Gasteiger partial charge in [0, 0.05) is 25.8 Å². The number of aliphatic hydroxyl groups is 1. The lowest BCUT2D eigenvalue weighted by Crippen LogP contribution is -2.40. The fourth-order valence-corrected chi connectivity index (χ4v) is 2.38. The van der Waals surface area contributed by atoms with E-state index in [9.17, 15) is 4.79 Å². The number of benzene rings is 1. The van der Waals surface area contributed by atoms with Gasteiger partial charge in [-0.05, 0) is 25.0 Å². The van der Waals surface area contributed by atoms with Crippen molar-refractivity contribution in [3.63, 3.8) is 0 Å². The van der Waals surface area contributed by atoms with Gasteiger partial charge in [-0.2, -0.15) is 0 Å². The summed E-state index contributed by atoms with van der Waals surface area (Å²) in [6.07, 6.45) is 1.99. The van der Waals surface area contributed by atoms with Crippen LogP contribution in [0.3, 0.4) is 0 Å². The molecule has 1 heterocycles. The molecule has 1 aromatic rings. The van der Waals surface area contributed by atoms with E-state index in [4.69, 9.17) is 9.84 Å². The minimum absolute atomic E-state index is 0.00222. The molecule has 20 heavy (non-hydrogen) atoms. The normalized spacial score (nSPS) is 15.6. The van der Waals surface area contributed by atoms with Crippen molar-refractivity contribution in [3.05, 3.63) is 35.4 Å². The summed E-state index contributed by atoms with van der Waals surface area (Å²) in [6.45, 7) is 1.21. The van der Waals surface area contributed by atoms with Crippen LogP contribution in [0.5, 0.6) is 0 Å². The van der Waals surface area contributed by atoms with Crippen LogP contribution in [0.2, 0.25) is 0 Å². The van der Waals surface area contributed by atoms with Gasteiger partial charge in [0.1, 0.15) is 6.61 Å². The monoisotopic (exact) mass is 273 g/mol. The standard InChI is InChI=1S/C16H19NO3/c1-20-14-8-10-17(11-9-14)16(19)15-7-3-2-5-13(15)6-4-12-18/h2-3,5,7,14,18H,8-12H2,1H3. The highest BCUT2D eigenvalue weighted by molar-refractivity contribution is 5.96. The topological polar surface area (TPSA) is 49.8 Å². The number of aliphatic hydroxyl groups excluding tert-OH is 1. The second-order valence-electron chi connectivity index (χ2n) is 4.73. The number of hydrogen-bond acceptors (Lipinski definition) is 3. The van der Waals surface area contributed by atoms with Crippen molar-refractivity contribution in [1.82, 2.24) is 4.90 Å². The Hall–Kier alpha value is -1.83. The zero-order valence-electron chi connectivity index (χ0n) is 11.6. The molecule has 4 heteroatoms. The molecule has 0 aromatic heterocycles. The molecule has 0 radical (unpaired) electrons. The Morgan fingerprint density at radius 3 is 2.75 bits per heavy atom. The maximum absolute atomic E-state index is 12.5. The summed E-state index contributed by atoms with van der Waals surface area (Å²) in [5, 5.41) is 8.78. The molecule has 0 aliphatic carbocycles. The number of likely N-dealkylation sites (tertiary alicyclic amines) is 1. The molecule has 1 N–H and O–H groups in total. The minimum atomic E-state index is -0.207. The number of ether oxygens (including phenoxy) is 1. The maximum atomic E-state index is 12.5. The third kappa shape index (κ3) is 3.38. The number of nitrogens with zero attached hydrogens (tertiary/aromatic N) is 1. The summed E-state index contributed by atoms with van der Waals surface area (Å²) in [7, 11) is 1.71. The lowest BCUT2D eigenvalue weighted by atomic mass is 10.0. The van der Waals surface area contributed by atoms with Gasteiger partial charge in [0.05, 0.1) is 11.7 Å². The molecule has 1 aliphatic rings. The van der Waals surface area contributed by atoms with Crippen LogP contribution in [-0.4, -0.2) is 48.8 Å². The van der Waals surface area contributed by atoms with Gasteiger partial charge in [-0.1, -0.05) is 24.0 Å². The number of rotatable bonds is 2. The van der Waals surface area contributed by atoms with Gasteiger partial charge in [0.15, 0.2) is 0 Å². The van der Waals surface area contributed by atoms with Crippen molar-refractivity contribution >= 4 is 5.91 Å². The first kappa shape index (κ1) is 14.6. The van der Waals surface area contributed by atoms with Crippen LogP contribution in [-0.2, 0) is 4.74 Å². The molecule has 4 nitrogen and oxygen atoms in total. The quantitative estimate of drug-likeness (QED) is 0.826. The SMILES string of the molecule is COC1CCN(C(=O)c2ccccc2C#CCO)CC1. The second kappa shape index (κ2) is 7.09. The second-order valence-corrected chi connectivity index (χ2v) is 4.73. The van der Waals surface area contributed by atoms with E-state index < -0.39 is 0 Å². The molecule has 0 atom stereocenters. The van der Waals surface area contributed by atoms with Gasteiger partial charge in [-0.25, -0.2) is 0 Å². The average Bonchev–Trinajstić information content (AvgIpc) is 2.52. The smallest absolute Gasteiger partial charge is 0.255 e. The summed E-state index contributed by atoms with van der Waals surface area (Å²) >= 11 is 0. The van der Waals surface area contributed by atoms with E-state index in [1.165, 1.54) is 0 Å². The first-order chi connectivity index (χ1) is 9.76. The minimum Gasteiger partial charge on any atom is -0.384 e. The van der Waals surface area contributed by atoms with Crippen molar-refractivity contribution < 1.29 is 14.6 Å². The average molecular weight is 273 g/mol. The Labute approximate surface area is 119 Å². The zero-order valence-corrected chi connectivity index (χ0v) is 11.6. The number of carbonyl (C=O) groups is 1. The van der Waals surface area contributed by atoms with Crippen LogP contribution < -0.4 is 0 Å². The molecule has 2 rings (SSSR count). The van der Waals surface area contributed by atoms with Crippen molar-refractivity contribution in [2.24, 2.45) is 0 Å². The molecule has 1 aliphatic heterocycles. The number of hydrogen-bond donors (Lipinski definition) is 1. The van der Waals surface area contributed by atoms with Crippen LogP contribution in [0.4, 0.5) is 0 Å². The third-order valence-corrected chi connectivity index (χ3v) is 3.52. The molecule has 0 spiro atoms. The fraction of sp³-hybridized carbons (Fsp3) is 0.438. The lowest BCUT2D eigenvalue weighted by Gasteiger charge is -2.31. The van der Waals surface area contributed by atoms with E-state index in [-0.39, 0.29) is 18.6 Å². The Morgan fingerprint density at radius 1 is 1.40 bits per heavy atom. The molecular weight excluding hydrogens is 254 g/mol. The highest BCUT2D eigenvalue weighted by atomic mass is 16.5. The maximum Gasteiger partial charge on any atom is 0.255 e. The zero-order chi connectivity index (χ0) is 14.4. The molecule has 1 saturated heterocycles. The number of carbonyl (C=O) groups excluding carboxylic acids is 1. The lowest BCUT2D eigenvalue weighted by molar-refractivity contribution is 0.0350. The Bertz CT molecular complexity index is 522. The first-order valence-corrected chi connectivity index (χ1v) is 6.77. The van der Waals surface area contributed by atoms with Gasteiger partial charge < -0.3 is 14.7 Å². The van der Waals surface area contributed by atoms with Gasteiger partial charge in [-0.15, -0.1) is 0 Å². The summed E-state index contributed by atoms with van der Waals surface area (Å²) in [6, 6.07) is 7.26. The summed E-state index contributed by atoms with van der Waals surface area (Å²) in [4.78, 5) is 14.4. The van der Waals surface area contributed by atoms with E-state index in [0.29, 0.717) is 24.2 Å². The molecule has 0 unspecified atom stereocenters. The number of piperidine rings is 1. The van der Waals surface area contributed by atoms with Crippen molar-refractivity contribution in [2.45, 2.75) is 18.9 Å². The van der Waals surface area contributed by atoms with Gasteiger partial charge in [-0.3, -0.25) is 4.79 Å². The van der Waals surface area contributed by atoms with Crippen molar-refractivity contribution in [1.29, 1.82) is 0 Å². The Morgan fingerprint density at radius 2 is 2.10 bits per heavy atom. The molecular formula is C16H19NO3. The van der Waals surface area contributed by atoms with Crippen LogP contribution in [0.1, 0.15) is 28.8 Å². The van der Waals surface area contributed by atoms with E-state index in [0.717, 1.165) is 12.8 Å². The van der Waals surface area contributed by atoms with Gasteiger partial charge in [0.25, 0.3) is 5.91 Å². The Kier molecular flexibility index (Phi) is 5.16. The van der Waals surface area contributed by atoms with E-state index in [1.54, 1.807) is 19.2 Å². The van der Waals surface area contributed by atoms with E-state index in [2.05, 4.69) is 11.8 Å². The van der Waals surface area contributed by atoms with Crippen LogP contribution in [0.15, 0.2) is 24.3 Å². The highest BCUT2D eigenvalue weighted by Crippen LogP contribution is 2.17. The van der Waals surface area contributed by atoms with Crippen molar-refractivity contribution in [3.8, 4) is 11.8 Å². The molecule has 1 amide bonds. The van der Waals surface area contributed by atoms with Crippen LogP contribution in [0.25, 0.3) is 0 Å². The largest absolute Gasteiger partial charge is 0.384 e. The Balaban J connectivity index is 2.13. The van der Waals surface area contributed by atoms with Crippen LogP contribution in [0, 0.1) is 11.8 Å². The predicted octanol–water partition coefficient (Wildman–Crippen LogP) is 1.28. The third-order valence-electron chi connectivity index (χ3n) is 3.52. The summed E-state index contributed by atoms with van der Waals surface area (Å²) in [5.74, 6) is 5.43. The molecule has 0 bridgehead atoms. The summed E-state index contributed by atoms with van der Waals surface area (Å²) in [5.41, 5.74) is 1.27. The molecule has 1 fully saturated rings. The van der Waals surface area contributed by atoms with Crippen LogP contribution >= 0.6 is 0 Å². The van der Waals surface area contributed by atoms with Crippen molar-refractivity contribution in [2.75, 3.05) is 26.8 Å². The molecule has 106 valence electrons. The number of methoxy groups -OCH3 is 1. The number of amides is 1. The van der Waals surface area contributed by atoms with Gasteiger partial charge >= 0.3 is 0 Å². The fourth-order valence-electron chi connectivity index (χ4n) is 2.38. The molecule has 1 aromatic carbocycles. The molecule has 0 saturated carbocycles. The predicted molar refractivity (Wildman–Crippen MR) is 76.3 cm³/mol. The summed E-state index contributed by atoms with van der Waals surface area (Å²) < 4.78 is 5.31. The highest BCUT2D eigenvalue weighted by Gasteiger charge is 2.24. The first-order valence-electron chi connectivity index (χ1n) is 6.77. The van der Waals surface area contributed by atoms with Gasteiger partial charge in [0.2, 0.25) is 0 Å². The van der Waals surface area contributed by atoms with E-state index >= 15 is 0 Å².